The lowest BCUT2D eigenvalue weighted by Gasteiger charge is -2.08. The largest absolute Gasteiger partial charge is 0.483 e. The van der Waals surface area contributed by atoms with Crippen LogP contribution in [0.5, 0.6) is 5.75 Å². The van der Waals surface area contributed by atoms with E-state index in [-0.39, 0.29) is 22.9 Å². The second-order valence-corrected chi connectivity index (χ2v) is 4.09. The first kappa shape index (κ1) is 13.3. The molecule has 0 saturated carbocycles. The van der Waals surface area contributed by atoms with Crippen molar-refractivity contribution < 1.29 is 19.0 Å². The van der Waals surface area contributed by atoms with E-state index in [9.17, 15) is 9.18 Å². The molecular weight excluding hydrogens is 273 g/mol. The molecule has 98 valence electrons. The highest BCUT2D eigenvalue weighted by molar-refractivity contribution is 6.32. The van der Waals surface area contributed by atoms with E-state index in [0.29, 0.717) is 5.69 Å². The molecule has 1 aromatic heterocycles. The summed E-state index contributed by atoms with van der Waals surface area (Å²) in [5.74, 6) is -1.67. The molecule has 2 rings (SSSR count). The lowest BCUT2D eigenvalue weighted by molar-refractivity contribution is 0.0696. The fourth-order valence-electron chi connectivity index (χ4n) is 1.40. The Morgan fingerprint density at radius 3 is 2.74 bits per heavy atom. The number of nitrogens with zero attached hydrogens (tertiary/aromatic N) is 1. The average Bonchev–Trinajstić information content (AvgIpc) is 2.38. The highest BCUT2D eigenvalue weighted by Crippen LogP contribution is 2.27. The number of carboxylic acid groups (broad SMARTS) is 1. The predicted octanol–water partition coefficient (Wildman–Crippen LogP) is 3.15. The van der Waals surface area contributed by atoms with Crippen LogP contribution in [0.4, 0.5) is 4.39 Å². The van der Waals surface area contributed by atoms with Crippen LogP contribution in [0.15, 0.2) is 36.5 Å². The molecule has 0 saturated heterocycles. The van der Waals surface area contributed by atoms with E-state index in [2.05, 4.69) is 4.98 Å². The third kappa shape index (κ3) is 3.20. The van der Waals surface area contributed by atoms with Gasteiger partial charge in [0.2, 0.25) is 0 Å². The molecule has 0 spiro atoms. The van der Waals surface area contributed by atoms with Gasteiger partial charge in [-0.05, 0) is 24.3 Å². The number of hydrogen-bond donors (Lipinski definition) is 1. The molecule has 0 radical (unpaired) electrons. The SMILES string of the molecule is O=C(O)c1ccc(COc2c(F)cccc2Cl)nc1. The Bertz CT molecular complexity index is 581. The van der Waals surface area contributed by atoms with Crippen molar-refractivity contribution in [3.05, 3.63) is 58.6 Å². The number of benzene rings is 1. The van der Waals surface area contributed by atoms with Gasteiger partial charge in [-0.25, -0.2) is 9.18 Å². The highest BCUT2D eigenvalue weighted by Gasteiger charge is 2.09. The van der Waals surface area contributed by atoms with Gasteiger partial charge in [0, 0.05) is 6.20 Å². The van der Waals surface area contributed by atoms with Crippen molar-refractivity contribution in [1.82, 2.24) is 4.98 Å². The van der Waals surface area contributed by atoms with Gasteiger partial charge in [-0.2, -0.15) is 0 Å². The Hall–Kier alpha value is -2.14. The van der Waals surface area contributed by atoms with Gasteiger partial charge in [-0.15, -0.1) is 0 Å². The zero-order valence-electron chi connectivity index (χ0n) is 9.64. The van der Waals surface area contributed by atoms with E-state index in [4.69, 9.17) is 21.4 Å². The van der Waals surface area contributed by atoms with Crippen LogP contribution in [0.2, 0.25) is 5.02 Å². The molecule has 0 bridgehead atoms. The third-order valence-corrected chi connectivity index (χ3v) is 2.65. The van der Waals surface area contributed by atoms with E-state index < -0.39 is 11.8 Å². The van der Waals surface area contributed by atoms with Crippen molar-refractivity contribution in [3.8, 4) is 5.75 Å². The molecule has 1 heterocycles. The van der Waals surface area contributed by atoms with E-state index in [0.717, 1.165) is 0 Å². The number of ether oxygens (including phenoxy) is 1. The molecule has 1 aromatic carbocycles. The number of aromatic nitrogens is 1. The van der Waals surface area contributed by atoms with E-state index in [1.54, 1.807) is 0 Å². The fourth-order valence-corrected chi connectivity index (χ4v) is 1.62. The minimum absolute atomic E-state index is 0.000548. The average molecular weight is 282 g/mol. The topological polar surface area (TPSA) is 59.4 Å². The Morgan fingerprint density at radius 1 is 1.37 bits per heavy atom. The standard InChI is InChI=1S/C13H9ClFNO3/c14-10-2-1-3-11(15)12(10)19-7-9-5-4-8(6-16-9)13(17)18/h1-6H,7H2,(H,17,18). The molecule has 4 nitrogen and oxygen atoms in total. The summed E-state index contributed by atoms with van der Waals surface area (Å²) in [7, 11) is 0. The zero-order chi connectivity index (χ0) is 13.8. The maximum absolute atomic E-state index is 13.4. The van der Waals surface area contributed by atoms with Crippen LogP contribution in [-0.4, -0.2) is 16.1 Å². The Morgan fingerprint density at radius 2 is 2.16 bits per heavy atom. The summed E-state index contributed by atoms with van der Waals surface area (Å²) in [5, 5.41) is 8.89. The van der Waals surface area contributed by atoms with Crippen molar-refractivity contribution in [2.45, 2.75) is 6.61 Å². The first-order chi connectivity index (χ1) is 9.08. The van der Waals surface area contributed by atoms with Gasteiger partial charge in [0.15, 0.2) is 11.6 Å². The number of pyridine rings is 1. The van der Waals surface area contributed by atoms with Crippen molar-refractivity contribution in [1.29, 1.82) is 0 Å². The number of rotatable bonds is 4. The van der Waals surface area contributed by atoms with Gasteiger partial charge in [-0.1, -0.05) is 17.7 Å². The maximum Gasteiger partial charge on any atom is 0.337 e. The summed E-state index contributed by atoms with van der Waals surface area (Å²) >= 11 is 5.80. The Labute approximate surface area is 113 Å². The molecular formula is C13H9ClFNO3. The van der Waals surface area contributed by atoms with Gasteiger partial charge in [-0.3, -0.25) is 4.98 Å². The summed E-state index contributed by atoms with van der Waals surface area (Å²) in [6, 6.07) is 7.13. The number of aromatic carboxylic acids is 1. The second kappa shape index (κ2) is 5.67. The normalized spacial score (nSPS) is 10.2. The number of hydrogen-bond acceptors (Lipinski definition) is 3. The minimum atomic E-state index is -1.06. The smallest absolute Gasteiger partial charge is 0.337 e. The number of halogens is 2. The molecule has 0 unspecified atom stereocenters. The van der Waals surface area contributed by atoms with Crippen molar-refractivity contribution in [3.63, 3.8) is 0 Å². The van der Waals surface area contributed by atoms with Crippen LogP contribution in [0, 0.1) is 5.82 Å². The van der Waals surface area contributed by atoms with E-state index in [1.807, 2.05) is 0 Å². The quantitative estimate of drug-likeness (QED) is 0.935. The van der Waals surface area contributed by atoms with Crippen LogP contribution >= 0.6 is 11.6 Å². The monoisotopic (exact) mass is 281 g/mol. The zero-order valence-corrected chi connectivity index (χ0v) is 10.4. The molecule has 0 atom stereocenters. The van der Waals surface area contributed by atoms with Crippen LogP contribution in [-0.2, 0) is 6.61 Å². The van der Waals surface area contributed by atoms with E-state index >= 15 is 0 Å². The van der Waals surface area contributed by atoms with Crippen molar-refractivity contribution in [2.24, 2.45) is 0 Å². The number of para-hydroxylation sites is 1. The molecule has 0 aliphatic heterocycles. The first-order valence-electron chi connectivity index (χ1n) is 5.33. The molecule has 0 amide bonds. The molecule has 2 aromatic rings. The third-order valence-electron chi connectivity index (χ3n) is 2.36. The van der Waals surface area contributed by atoms with Crippen molar-refractivity contribution >= 4 is 17.6 Å². The van der Waals surface area contributed by atoms with Crippen LogP contribution in [0.3, 0.4) is 0 Å². The van der Waals surface area contributed by atoms with E-state index in [1.165, 1.54) is 36.5 Å². The minimum Gasteiger partial charge on any atom is -0.483 e. The molecule has 19 heavy (non-hydrogen) atoms. The van der Waals surface area contributed by atoms with Crippen LogP contribution in [0.1, 0.15) is 16.1 Å². The van der Waals surface area contributed by atoms with Gasteiger partial charge in [0.25, 0.3) is 0 Å². The molecule has 0 aliphatic rings. The lowest BCUT2D eigenvalue weighted by Crippen LogP contribution is -2.02. The Balaban J connectivity index is 2.08. The summed E-state index contributed by atoms with van der Waals surface area (Å²) < 4.78 is 18.7. The van der Waals surface area contributed by atoms with Crippen LogP contribution in [0.25, 0.3) is 0 Å². The second-order valence-electron chi connectivity index (χ2n) is 3.68. The fraction of sp³-hybridized carbons (Fsp3) is 0.0769. The molecule has 1 N–H and O–H groups in total. The lowest BCUT2D eigenvalue weighted by atomic mass is 10.2. The summed E-state index contributed by atoms with van der Waals surface area (Å²) in [6.45, 7) is 0.000548. The van der Waals surface area contributed by atoms with Crippen molar-refractivity contribution in [2.75, 3.05) is 0 Å². The number of carboxylic acids is 1. The summed E-state index contributed by atoms with van der Waals surface area (Å²) in [5.41, 5.74) is 0.553. The maximum atomic E-state index is 13.4. The summed E-state index contributed by atoms with van der Waals surface area (Å²) in [4.78, 5) is 14.5. The predicted molar refractivity (Wildman–Crippen MR) is 66.9 cm³/mol. The Kier molecular flexibility index (Phi) is 3.97. The first-order valence-corrected chi connectivity index (χ1v) is 5.71. The molecule has 0 fully saturated rings. The highest BCUT2D eigenvalue weighted by atomic mass is 35.5. The van der Waals surface area contributed by atoms with Gasteiger partial charge in [0.1, 0.15) is 6.61 Å². The molecule has 6 heteroatoms. The number of carbonyl (C=O) groups is 1. The van der Waals surface area contributed by atoms with Crippen LogP contribution < -0.4 is 4.74 Å². The summed E-state index contributed by atoms with van der Waals surface area (Å²) in [6.07, 6.45) is 1.21. The van der Waals surface area contributed by atoms with Gasteiger partial charge >= 0.3 is 5.97 Å². The molecule has 0 aliphatic carbocycles. The van der Waals surface area contributed by atoms with Gasteiger partial charge < -0.3 is 9.84 Å². The van der Waals surface area contributed by atoms with Gasteiger partial charge in [0.05, 0.1) is 16.3 Å².